The summed E-state index contributed by atoms with van der Waals surface area (Å²) in [7, 11) is -3.21. The van der Waals surface area contributed by atoms with E-state index in [0.29, 0.717) is 12.4 Å². The maximum Gasteiger partial charge on any atom is 0.156 e. The predicted octanol–water partition coefficient (Wildman–Crippen LogP) is 2.32. The van der Waals surface area contributed by atoms with Crippen LogP contribution in [0.2, 0.25) is 0 Å². The highest BCUT2D eigenvalue weighted by Crippen LogP contribution is 2.20. The van der Waals surface area contributed by atoms with Crippen LogP contribution in [0.5, 0.6) is 0 Å². The zero-order chi connectivity index (χ0) is 15.7. The highest BCUT2D eigenvalue weighted by Gasteiger charge is 2.28. The molecule has 0 amide bonds. The Morgan fingerprint density at radius 2 is 1.95 bits per heavy atom. The first-order valence-electron chi connectivity index (χ1n) is 6.79. The quantitative estimate of drug-likeness (QED) is 0.868. The molecule has 0 aliphatic carbocycles. The molecule has 0 N–H and O–H groups in total. The molecule has 1 heterocycles. The molecule has 0 aliphatic rings. The molecule has 0 fully saturated rings. The number of hydrogen-bond donors (Lipinski definition) is 0. The molecule has 112 valence electrons. The van der Waals surface area contributed by atoms with E-state index in [0.717, 1.165) is 11.0 Å². The van der Waals surface area contributed by atoms with E-state index in [2.05, 4.69) is 11.1 Å². The molecule has 0 spiro atoms. The van der Waals surface area contributed by atoms with Gasteiger partial charge in [-0.05, 0) is 32.9 Å². The van der Waals surface area contributed by atoms with Gasteiger partial charge in [-0.3, -0.25) is 0 Å². The fourth-order valence-corrected chi connectivity index (χ4v) is 3.13. The monoisotopic (exact) mass is 305 g/mol. The van der Waals surface area contributed by atoms with Gasteiger partial charge in [0.25, 0.3) is 0 Å². The lowest BCUT2D eigenvalue weighted by atomic mass is 10.3. The summed E-state index contributed by atoms with van der Waals surface area (Å²) in [5.74, 6) is 0.651. The minimum absolute atomic E-state index is 0.0370. The zero-order valence-corrected chi connectivity index (χ0v) is 13.3. The molecule has 0 atom stereocenters. The van der Waals surface area contributed by atoms with Gasteiger partial charge in [0.05, 0.1) is 34.0 Å². The normalized spacial score (nSPS) is 12.5. The first-order valence-corrected chi connectivity index (χ1v) is 8.45. The van der Waals surface area contributed by atoms with E-state index >= 15 is 0 Å². The molecule has 0 saturated carbocycles. The molecule has 0 radical (unpaired) electrons. The molecule has 0 unspecified atom stereocenters. The fraction of sp³-hybridized carbons (Fsp3) is 0.467. The molecule has 0 bridgehead atoms. The van der Waals surface area contributed by atoms with Crippen molar-refractivity contribution in [3.8, 4) is 6.07 Å². The Balaban J connectivity index is 2.38. The number of fused-ring (bicyclic) bond motifs is 1. The van der Waals surface area contributed by atoms with E-state index in [-0.39, 0.29) is 12.2 Å². The summed E-state index contributed by atoms with van der Waals surface area (Å²) in [5, 5.41) is 8.91. The molecular formula is C15H19N3O2S. The van der Waals surface area contributed by atoms with Crippen molar-refractivity contribution < 1.29 is 8.42 Å². The van der Waals surface area contributed by atoms with Gasteiger partial charge in [0.2, 0.25) is 0 Å². The molecule has 5 nitrogen and oxygen atoms in total. The largest absolute Gasteiger partial charge is 0.326 e. The Bertz CT molecular complexity index is 792. The number of nitriles is 1. The van der Waals surface area contributed by atoms with Crippen molar-refractivity contribution in [2.45, 2.75) is 38.5 Å². The Labute approximate surface area is 125 Å². The molecular weight excluding hydrogens is 286 g/mol. The van der Waals surface area contributed by atoms with Crippen LogP contribution < -0.4 is 0 Å². The Morgan fingerprint density at radius 3 is 2.57 bits per heavy atom. The molecule has 2 aromatic rings. The van der Waals surface area contributed by atoms with E-state index in [1.165, 1.54) is 0 Å². The lowest BCUT2D eigenvalue weighted by Gasteiger charge is -2.19. The summed E-state index contributed by atoms with van der Waals surface area (Å²) in [4.78, 5) is 4.41. The first kappa shape index (κ1) is 15.5. The highest BCUT2D eigenvalue weighted by molar-refractivity contribution is 7.92. The number of aromatic nitrogens is 2. The van der Waals surface area contributed by atoms with Crippen molar-refractivity contribution in [3.63, 3.8) is 0 Å². The topological polar surface area (TPSA) is 75.8 Å². The van der Waals surface area contributed by atoms with Crippen molar-refractivity contribution in [2.24, 2.45) is 0 Å². The maximum absolute atomic E-state index is 12.3. The number of hydrogen-bond acceptors (Lipinski definition) is 4. The van der Waals surface area contributed by atoms with Gasteiger partial charge in [0.1, 0.15) is 5.82 Å². The second-order valence-corrected chi connectivity index (χ2v) is 8.80. The summed E-state index contributed by atoms with van der Waals surface area (Å²) >= 11 is 0. The molecule has 0 saturated heterocycles. The van der Waals surface area contributed by atoms with Crippen LogP contribution in [0, 0.1) is 11.3 Å². The van der Waals surface area contributed by atoms with Crippen LogP contribution in [0.3, 0.4) is 0 Å². The van der Waals surface area contributed by atoms with Gasteiger partial charge in [0.15, 0.2) is 9.84 Å². The van der Waals surface area contributed by atoms with Crippen LogP contribution in [0.15, 0.2) is 24.3 Å². The number of nitrogens with zero attached hydrogens (tertiary/aromatic N) is 3. The second kappa shape index (κ2) is 5.49. The van der Waals surface area contributed by atoms with E-state index in [1.807, 2.05) is 28.8 Å². The highest BCUT2D eigenvalue weighted by atomic mass is 32.2. The van der Waals surface area contributed by atoms with E-state index < -0.39 is 14.6 Å². The Kier molecular flexibility index (Phi) is 4.06. The molecule has 0 aliphatic heterocycles. The van der Waals surface area contributed by atoms with E-state index in [9.17, 15) is 8.42 Å². The number of imidazole rings is 1. The Hall–Kier alpha value is -1.87. The average Bonchev–Trinajstić information content (AvgIpc) is 2.73. The predicted molar refractivity (Wildman–Crippen MR) is 82.6 cm³/mol. The average molecular weight is 305 g/mol. The molecule has 21 heavy (non-hydrogen) atoms. The summed E-state index contributed by atoms with van der Waals surface area (Å²) in [5.41, 5.74) is 1.66. The van der Waals surface area contributed by atoms with Gasteiger partial charge < -0.3 is 4.57 Å². The van der Waals surface area contributed by atoms with Crippen molar-refractivity contribution in [1.82, 2.24) is 9.55 Å². The van der Waals surface area contributed by atoms with Crippen molar-refractivity contribution >= 4 is 20.9 Å². The molecule has 2 rings (SSSR count). The molecule has 1 aromatic heterocycles. The summed E-state index contributed by atoms with van der Waals surface area (Å²) in [6, 6.07) is 9.60. The van der Waals surface area contributed by atoms with Crippen LogP contribution in [-0.4, -0.2) is 28.5 Å². The summed E-state index contributed by atoms with van der Waals surface area (Å²) < 4.78 is 25.6. The number of aryl methyl sites for hydroxylation is 1. The van der Waals surface area contributed by atoms with Crippen LogP contribution >= 0.6 is 0 Å². The lowest BCUT2D eigenvalue weighted by Crippen LogP contribution is -2.32. The van der Waals surface area contributed by atoms with E-state index in [4.69, 9.17) is 5.26 Å². The number of para-hydroxylation sites is 2. The smallest absolute Gasteiger partial charge is 0.156 e. The molecule has 6 heteroatoms. The van der Waals surface area contributed by atoms with E-state index in [1.54, 1.807) is 20.8 Å². The van der Waals surface area contributed by atoms with Gasteiger partial charge in [-0.2, -0.15) is 5.26 Å². The van der Waals surface area contributed by atoms with Gasteiger partial charge in [0, 0.05) is 6.54 Å². The van der Waals surface area contributed by atoms with Crippen molar-refractivity contribution in [3.05, 3.63) is 30.1 Å². The zero-order valence-electron chi connectivity index (χ0n) is 12.5. The standard InChI is InChI=1S/C15H19N3O2S/c1-15(2,3)21(19,20)11-10-18-13-7-5-4-6-12(13)17-14(18)8-9-16/h4-7H,8,10-11H2,1-3H3. The minimum Gasteiger partial charge on any atom is -0.326 e. The second-order valence-electron chi connectivity index (χ2n) is 5.93. The Morgan fingerprint density at radius 1 is 1.29 bits per heavy atom. The van der Waals surface area contributed by atoms with Crippen LogP contribution in [0.4, 0.5) is 0 Å². The first-order chi connectivity index (χ1) is 9.76. The van der Waals surface area contributed by atoms with Crippen LogP contribution in [0.1, 0.15) is 26.6 Å². The number of sulfone groups is 1. The third-order valence-electron chi connectivity index (χ3n) is 3.49. The van der Waals surface area contributed by atoms with Crippen LogP contribution in [-0.2, 0) is 22.8 Å². The van der Waals surface area contributed by atoms with Gasteiger partial charge in [-0.15, -0.1) is 0 Å². The third-order valence-corrected chi connectivity index (χ3v) is 6.07. The fourth-order valence-electron chi connectivity index (χ4n) is 2.10. The van der Waals surface area contributed by atoms with Crippen molar-refractivity contribution in [2.75, 3.05) is 5.75 Å². The minimum atomic E-state index is -3.21. The third kappa shape index (κ3) is 3.08. The van der Waals surface area contributed by atoms with Gasteiger partial charge in [-0.25, -0.2) is 13.4 Å². The van der Waals surface area contributed by atoms with Crippen molar-refractivity contribution in [1.29, 1.82) is 5.26 Å². The number of rotatable bonds is 4. The maximum atomic E-state index is 12.3. The molecule has 1 aromatic carbocycles. The van der Waals surface area contributed by atoms with Gasteiger partial charge in [-0.1, -0.05) is 12.1 Å². The lowest BCUT2D eigenvalue weighted by molar-refractivity contribution is 0.553. The summed E-state index contributed by atoms with van der Waals surface area (Å²) in [6.45, 7) is 5.41. The SMILES string of the molecule is CC(C)(C)S(=O)(=O)CCn1c(CC#N)nc2ccccc21. The van der Waals surface area contributed by atoms with Crippen LogP contribution in [0.25, 0.3) is 11.0 Å². The van der Waals surface area contributed by atoms with Gasteiger partial charge >= 0.3 is 0 Å². The summed E-state index contributed by atoms with van der Waals surface area (Å²) in [6.07, 6.45) is 0.171. The number of benzene rings is 1.